The fourth-order valence-electron chi connectivity index (χ4n) is 4.18. The number of benzene rings is 2. The van der Waals surface area contributed by atoms with Crippen LogP contribution >= 0.6 is 0 Å². The van der Waals surface area contributed by atoms with E-state index < -0.39 is 0 Å². The van der Waals surface area contributed by atoms with Crippen LogP contribution in [0.25, 0.3) is 5.69 Å². The van der Waals surface area contributed by atoms with Crippen LogP contribution in [-0.2, 0) is 0 Å². The Balaban J connectivity index is 1.41. The number of hydrogen-bond acceptors (Lipinski definition) is 5. The highest BCUT2D eigenvalue weighted by Gasteiger charge is 2.33. The zero-order valence-corrected chi connectivity index (χ0v) is 17.3. The largest absolute Gasteiger partial charge is 0.490 e. The second-order valence-corrected chi connectivity index (χ2v) is 7.78. The molecule has 0 N–H and O–H groups in total. The summed E-state index contributed by atoms with van der Waals surface area (Å²) in [4.78, 5) is 19.5. The molecule has 1 unspecified atom stereocenters. The molecule has 0 aliphatic carbocycles. The first-order valence-corrected chi connectivity index (χ1v) is 10.5. The van der Waals surface area contributed by atoms with Gasteiger partial charge in [0.15, 0.2) is 11.5 Å². The van der Waals surface area contributed by atoms with Crippen LogP contribution in [0.3, 0.4) is 0 Å². The van der Waals surface area contributed by atoms with E-state index in [0.29, 0.717) is 31.3 Å². The number of carbonyl (C=O) groups is 1. The van der Waals surface area contributed by atoms with E-state index in [0.717, 1.165) is 36.3 Å². The molecule has 1 saturated heterocycles. The minimum Gasteiger partial charge on any atom is -0.490 e. The van der Waals surface area contributed by atoms with E-state index in [9.17, 15) is 9.18 Å². The average molecular weight is 422 g/mol. The Morgan fingerprint density at radius 1 is 1.06 bits per heavy atom. The van der Waals surface area contributed by atoms with Crippen molar-refractivity contribution in [3.05, 3.63) is 65.5 Å². The molecule has 1 fully saturated rings. The summed E-state index contributed by atoms with van der Waals surface area (Å²) in [5.41, 5.74) is 1.68. The molecule has 5 rings (SSSR count). The van der Waals surface area contributed by atoms with Crippen molar-refractivity contribution in [2.45, 2.75) is 32.2 Å². The summed E-state index contributed by atoms with van der Waals surface area (Å²) in [5.74, 6) is 1.65. The van der Waals surface area contributed by atoms with Gasteiger partial charge in [-0.1, -0.05) is 6.07 Å². The molecule has 3 aromatic rings. The van der Waals surface area contributed by atoms with E-state index in [1.54, 1.807) is 23.7 Å². The summed E-state index contributed by atoms with van der Waals surface area (Å²) in [6.07, 6.45) is 2.62. The minimum absolute atomic E-state index is 0.0669. The van der Waals surface area contributed by atoms with Crippen molar-refractivity contribution in [2.75, 3.05) is 19.8 Å². The maximum atomic E-state index is 13.3. The Morgan fingerprint density at radius 2 is 1.84 bits per heavy atom. The summed E-state index contributed by atoms with van der Waals surface area (Å²) in [6.45, 7) is 3.68. The van der Waals surface area contributed by atoms with E-state index >= 15 is 0 Å². The number of ether oxygens (including phenoxy) is 2. The Labute approximate surface area is 179 Å². The first-order chi connectivity index (χ1) is 15.1. The van der Waals surface area contributed by atoms with Gasteiger partial charge in [0.05, 0.1) is 24.9 Å². The average Bonchev–Trinajstić information content (AvgIpc) is 3.34. The number of amides is 1. The third-order valence-electron chi connectivity index (χ3n) is 5.70. The highest BCUT2D eigenvalue weighted by atomic mass is 19.1. The van der Waals surface area contributed by atoms with Crippen LogP contribution in [0.5, 0.6) is 11.5 Å². The third-order valence-corrected chi connectivity index (χ3v) is 5.70. The van der Waals surface area contributed by atoms with Crippen molar-refractivity contribution >= 4 is 5.91 Å². The van der Waals surface area contributed by atoms with E-state index in [4.69, 9.17) is 9.47 Å². The standard InChI is InChI=1S/C23H23FN4O3/c1-15-25-22(26-28(15)18-8-6-17(24)7-9-18)23(29)27-11-2-4-19(27)16-5-10-20-21(14-16)31-13-3-12-30-20/h5-10,14,19H,2-4,11-13H2,1H3. The van der Waals surface area contributed by atoms with Crippen LogP contribution in [-0.4, -0.2) is 45.3 Å². The Kier molecular flexibility index (Phi) is 5.05. The van der Waals surface area contributed by atoms with Gasteiger partial charge in [-0.15, -0.1) is 5.10 Å². The monoisotopic (exact) mass is 422 g/mol. The van der Waals surface area contributed by atoms with Crippen LogP contribution in [0.4, 0.5) is 4.39 Å². The van der Waals surface area contributed by atoms with Crippen LogP contribution in [0.15, 0.2) is 42.5 Å². The summed E-state index contributed by atoms with van der Waals surface area (Å²) in [7, 11) is 0. The zero-order chi connectivity index (χ0) is 21.4. The highest BCUT2D eigenvalue weighted by Crippen LogP contribution is 2.38. The van der Waals surface area contributed by atoms with Crippen LogP contribution in [0.1, 0.15) is 47.3 Å². The lowest BCUT2D eigenvalue weighted by molar-refractivity contribution is 0.0723. The molecule has 2 aromatic carbocycles. The molecule has 0 saturated carbocycles. The first-order valence-electron chi connectivity index (χ1n) is 10.5. The summed E-state index contributed by atoms with van der Waals surface area (Å²) in [6, 6.07) is 11.8. The molecule has 0 radical (unpaired) electrons. The summed E-state index contributed by atoms with van der Waals surface area (Å²) in [5, 5.41) is 4.41. The second-order valence-electron chi connectivity index (χ2n) is 7.78. The zero-order valence-electron chi connectivity index (χ0n) is 17.3. The number of carbonyl (C=O) groups excluding carboxylic acids is 1. The molecule has 1 atom stereocenters. The second kappa shape index (κ2) is 8.02. The molecule has 0 spiro atoms. The Hall–Kier alpha value is -3.42. The molecular formula is C23H23FN4O3. The number of aromatic nitrogens is 3. The van der Waals surface area contributed by atoms with Crippen molar-refractivity contribution in [3.8, 4) is 17.2 Å². The van der Waals surface area contributed by atoms with Crippen LogP contribution < -0.4 is 9.47 Å². The van der Waals surface area contributed by atoms with Gasteiger partial charge in [-0.25, -0.2) is 14.1 Å². The highest BCUT2D eigenvalue weighted by molar-refractivity contribution is 5.91. The first kappa shape index (κ1) is 19.5. The van der Waals surface area contributed by atoms with Crippen molar-refractivity contribution in [2.24, 2.45) is 0 Å². The van der Waals surface area contributed by atoms with Gasteiger partial charge in [0.1, 0.15) is 11.6 Å². The molecule has 7 nitrogen and oxygen atoms in total. The predicted octanol–water partition coefficient (Wildman–Crippen LogP) is 3.85. The lowest BCUT2D eigenvalue weighted by Gasteiger charge is -2.24. The summed E-state index contributed by atoms with van der Waals surface area (Å²) >= 11 is 0. The van der Waals surface area contributed by atoms with Gasteiger partial charge in [-0.2, -0.15) is 0 Å². The fraction of sp³-hybridized carbons (Fsp3) is 0.348. The van der Waals surface area contributed by atoms with Gasteiger partial charge in [-0.05, 0) is 61.7 Å². The third kappa shape index (κ3) is 3.73. The molecule has 8 heteroatoms. The molecule has 160 valence electrons. The lowest BCUT2D eigenvalue weighted by atomic mass is 10.0. The quantitative estimate of drug-likeness (QED) is 0.641. The Morgan fingerprint density at radius 3 is 2.65 bits per heavy atom. The van der Waals surface area contributed by atoms with Crippen molar-refractivity contribution in [3.63, 3.8) is 0 Å². The van der Waals surface area contributed by atoms with Gasteiger partial charge >= 0.3 is 0 Å². The number of likely N-dealkylation sites (tertiary alicyclic amines) is 1. The summed E-state index contributed by atoms with van der Waals surface area (Å²) < 4.78 is 26.4. The number of rotatable bonds is 3. The van der Waals surface area contributed by atoms with Crippen molar-refractivity contribution in [1.29, 1.82) is 0 Å². The smallest absolute Gasteiger partial charge is 0.294 e. The van der Waals surface area contributed by atoms with Crippen LogP contribution in [0.2, 0.25) is 0 Å². The maximum absolute atomic E-state index is 13.3. The van der Waals surface area contributed by atoms with Crippen molar-refractivity contribution in [1.82, 2.24) is 19.7 Å². The van der Waals surface area contributed by atoms with E-state index in [1.807, 2.05) is 23.1 Å². The van der Waals surface area contributed by atoms with Gasteiger partial charge in [0.2, 0.25) is 5.82 Å². The fourth-order valence-corrected chi connectivity index (χ4v) is 4.18. The molecule has 1 aromatic heterocycles. The van der Waals surface area contributed by atoms with Gasteiger partial charge < -0.3 is 14.4 Å². The molecule has 0 bridgehead atoms. The van der Waals surface area contributed by atoms with Gasteiger partial charge in [0, 0.05) is 13.0 Å². The number of hydrogen-bond donors (Lipinski definition) is 0. The number of halogens is 1. The van der Waals surface area contributed by atoms with Gasteiger partial charge in [0.25, 0.3) is 5.91 Å². The lowest BCUT2D eigenvalue weighted by Crippen LogP contribution is -2.31. The van der Waals surface area contributed by atoms with Gasteiger partial charge in [-0.3, -0.25) is 4.79 Å². The number of aryl methyl sites for hydroxylation is 1. The SMILES string of the molecule is Cc1nc(C(=O)N2CCCC2c2ccc3c(c2)OCCCO3)nn1-c1ccc(F)cc1. The molecule has 2 aliphatic rings. The molecule has 31 heavy (non-hydrogen) atoms. The number of fused-ring (bicyclic) bond motifs is 1. The van der Waals surface area contributed by atoms with E-state index in [2.05, 4.69) is 10.1 Å². The normalized spacial score (nSPS) is 18.1. The number of nitrogens with zero attached hydrogens (tertiary/aromatic N) is 4. The molecule has 3 heterocycles. The van der Waals surface area contributed by atoms with Crippen molar-refractivity contribution < 1.29 is 18.7 Å². The molecule has 2 aliphatic heterocycles. The maximum Gasteiger partial charge on any atom is 0.294 e. The predicted molar refractivity (Wildman–Crippen MR) is 111 cm³/mol. The topological polar surface area (TPSA) is 69.5 Å². The van der Waals surface area contributed by atoms with Crippen LogP contribution in [0, 0.1) is 12.7 Å². The molecule has 1 amide bonds. The van der Waals surface area contributed by atoms with E-state index in [-0.39, 0.29) is 23.6 Å². The Bertz CT molecular complexity index is 1110. The van der Waals surface area contributed by atoms with E-state index in [1.165, 1.54) is 12.1 Å². The minimum atomic E-state index is -0.326. The molecular weight excluding hydrogens is 399 g/mol.